The molecule has 3 heteroatoms. The van der Waals surface area contributed by atoms with Crippen molar-refractivity contribution in [3.05, 3.63) is 24.0 Å². The smallest absolute Gasteiger partial charge is 0.0440 e. The van der Waals surface area contributed by atoms with Gasteiger partial charge in [0.25, 0.3) is 0 Å². The molecule has 0 aliphatic rings. The van der Waals surface area contributed by atoms with Gasteiger partial charge in [0.15, 0.2) is 0 Å². The van der Waals surface area contributed by atoms with Crippen LogP contribution in [0.15, 0.2) is 18.5 Å². The summed E-state index contributed by atoms with van der Waals surface area (Å²) in [6, 6.07) is 2.11. The van der Waals surface area contributed by atoms with Crippen LogP contribution in [0.25, 0.3) is 0 Å². The maximum Gasteiger partial charge on any atom is 0.0440 e. The molecule has 1 N–H and O–H groups in total. The zero-order valence-electron chi connectivity index (χ0n) is 13.3. The van der Waals surface area contributed by atoms with Gasteiger partial charge >= 0.3 is 0 Å². The Morgan fingerprint density at radius 3 is 2.58 bits per heavy atom. The van der Waals surface area contributed by atoms with Crippen LogP contribution in [0.4, 0.5) is 5.69 Å². The number of hydrogen-bond acceptors (Lipinski definition) is 3. The summed E-state index contributed by atoms with van der Waals surface area (Å²) in [5.41, 5.74) is 2.68. The summed E-state index contributed by atoms with van der Waals surface area (Å²) < 4.78 is 0. The number of hydrogen-bond donors (Lipinski definition) is 1. The lowest BCUT2D eigenvalue weighted by Gasteiger charge is -2.25. The van der Waals surface area contributed by atoms with Crippen LogP contribution in [0, 0.1) is 5.92 Å². The normalized spacial score (nSPS) is 11.9. The number of nitrogens with zero attached hydrogens (tertiary/aromatic N) is 2. The van der Waals surface area contributed by atoms with Crippen LogP contribution in [0.1, 0.15) is 46.6 Å². The summed E-state index contributed by atoms with van der Waals surface area (Å²) in [7, 11) is 2.16. The predicted octanol–water partition coefficient (Wildman–Crippen LogP) is 3.45. The minimum atomic E-state index is 0.129. The molecule has 0 aliphatic carbocycles. The molecule has 19 heavy (non-hydrogen) atoms. The van der Waals surface area contributed by atoms with E-state index >= 15 is 0 Å². The van der Waals surface area contributed by atoms with Gasteiger partial charge in [0, 0.05) is 49.3 Å². The maximum atomic E-state index is 4.26. The van der Waals surface area contributed by atoms with Crippen LogP contribution in [0.2, 0.25) is 0 Å². The van der Waals surface area contributed by atoms with Gasteiger partial charge in [-0.05, 0) is 39.2 Å². The highest BCUT2D eigenvalue weighted by Gasteiger charge is 2.12. The molecule has 3 nitrogen and oxygen atoms in total. The van der Waals surface area contributed by atoms with Gasteiger partial charge in [0.1, 0.15) is 0 Å². The highest BCUT2D eigenvalue weighted by atomic mass is 15.1. The Labute approximate surface area is 118 Å². The van der Waals surface area contributed by atoms with E-state index in [1.165, 1.54) is 17.7 Å². The van der Waals surface area contributed by atoms with Crippen molar-refractivity contribution in [3.63, 3.8) is 0 Å². The van der Waals surface area contributed by atoms with Gasteiger partial charge in [0.05, 0.1) is 0 Å². The van der Waals surface area contributed by atoms with E-state index in [9.17, 15) is 0 Å². The second kappa shape index (κ2) is 6.90. The molecule has 0 fully saturated rings. The average molecular weight is 263 g/mol. The second-order valence-corrected chi connectivity index (χ2v) is 6.71. The van der Waals surface area contributed by atoms with Crippen LogP contribution in [0.3, 0.4) is 0 Å². The number of pyridine rings is 1. The minimum Gasteiger partial charge on any atom is -0.374 e. The molecule has 0 amide bonds. The Balaban J connectivity index is 2.72. The van der Waals surface area contributed by atoms with Gasteiger partial charge in [-0.2, -0.15) is 0 Å². The molecule has 0 atom stereocenters. The van der Waals surface area contributed by atoms with E-state index in [0.717, 1.165) is 19.0 Å². The lowest BCUT2D eigenvalue weighted by molar-refractivity contribution is 0.424. The van der Waals surface area contributed by atoms with E-state index in [2.05, 4.69) is 62.9 Å². The van der Waals surface area contributed by atoms with Crippen LogP contribution in [-0.4, -0.2) is 24.1 Å². The Kier molecular flexibility index (Phi) is 5.80. The van der Waals surface area contributed by atoms with Crippen LogP contribution in [-0.2, 0) is 6.54 Å². The molecule has 0 spiro atoms. The lowest BCUT2D eigenvalue weighted by Crippen LogP contribution is -2.35. The first-order chi connectivity index (χ1) is 8.79. The Morgan fingerprint density at radius 2 is 2.00 bits per heavy atom. The molecule has 0 aliphatic heterocycles. The molecule has 0 aromatic carbocycles. The quantitative estimate of drug-likeness (QED) is 0.852. The second-order valence-electron chi connectivity index (χ2n) is 6.71. The monoisotopic (exact) mass is 263 g/mol. The van der Waals surface area contributed by atoms with Crippen LogP contribution >= 0.6 is 0 Å². The molecular weight excluding hydrogens is 234 g/mol. The summed E-state index contributed by atoms with van der Waals surface area (Å²) in [5, 5.41) is 3.53. The Morgan fingerprint density at radius 1 is 1.32 bits per heavy atom. The van der Waals surface area contributed by atoms with Crippen molar-refractivity contribution >= 4 is 5.69 Å². The Bertz CT molecular complexity index is 380. The molecule has 0 radical (unpaired) electrons. The first-order valence-electron chi connectivity index (χ1n) is 7.18. The largest absolute Gasteiger partial charge is 0.374 e. The topological polar surface area (TPSA) is 28.2 Å². The zero-order chi connectivity index (χ0) is 14.5. The van der Waals surface area contributed by atoms with E-state index in [4.69, 9.17) is 0 Å². The molecule has 1 heterocycles. The third-order valence-corrected chi connectivity index (χ3v) is 3.14. The fourth-order valence-electron chi connectivity index (χ4n) is 1.86. The van der Waals surface area contributed by atoms with Crippen LogP contribution in [0.5, 0.6) is 0 Å². The van der Waals surface area contributed by atoms with Crippen molar-refractivity contribution in [2.75, 3.05) is 18.5 Å². The number of rotatable bonds is 6. The number of aromatic nitrogens is 1. The fraction of sp³-hybridized carbons (Fsp3) is 0.688. The summed E-state index contributed by atoms with van der Waals surface area (Å²) in [5.74, 6) is 0.737. The molecule has 1 aromatic heterocycles. The molecule has 0 saturated heterocycles. The highest BCUT2D eigenvalue weighted by Crippen LogP contribution is 2.19. The number of nitrogens with one attached hydrogen (secondary N) is 1. The maximum absolute atomic E-state index is 4.26. The van der Waals surface area contributed by atoms with Gasteiger partial charge in [-0.25, -0.2) is 0 Å². The van der Waals surface area contributed by atoms with Crippen molar-refractivity contribution in [1.82, 2.24) is 10.3 Å². The molecule has 1 rings (SSSR count). The van der Waals surface area contributed by atoms with E-state index in [0.29, 0.717) is 0 Å². The molecule has 108 valence electrons. The van der Waals surface area contributed by atoms with Crippen LogP contribution < -0.4 is 10.2 Å². The number of anilines is 1. The van der Waals surface area contributed by atoms with Gasteiger partial charge in [-0.15, -0.1) is 0 Å². The minimum absolute atomic E-state index is 0.129. The third-order valence-electron chi connectivity index (χ3n) is 3.14. The lowest BCUT2D eigenvalue weighted by atomic mass is 10.1. The average Bonchev–Trinajstić information content (AvgIpc) is 2.33. The van der Waals surface area contributed by atoms with Gasteiger partial charge in [-0.3, -0.25) is 4.98 Å². The zero-order valence-corrected chi connectivity index (χ0v) is 13.3. The standard InChI is InChI=1S/C16H29N3/c1-13(2)8-10-19(6)15-7-9-17-11-14(15)12-18-16(3,4)5/h7,9,11,13,18H,8,10,12H2,1-6H3. The Hall–Kier alpha value is -1.09. The highest BCUT2D eigenvalue weighted by molar-refractivity contribution is 5.51. The summed E-state index contributed by atoms with van der Waals surface area (Å²) in [4.78, 5) is 6.59. The van der Waals surface area contributed by atoms with Crippen molar-refractivity contribution in [2.45, 2.75) is 53.1 Å². The molecule has 0 unspecified atom stereocenters. The third kappa shape index (κ3) is 6.06. The van der Waals surface area contributed by atoms with Gasteiger partial charge in [-0.1, -0.05) is 13.8 Å². The van der Waals surface area contributed by atoms with Crippen molar-refractivity contribution < 1.29 is 0 Å². The van der Waals surface area contributed by atoms with Crippen molar-refractivity contribution in [3.8, 4) is 0 Å². The SMILES string of the molecule is CC(C)CCN(C)c1ccncc1CNC(C)(C)C. The summed E-state index contributed by atoms with van der Waals surface area (Å²) >= 11 is 0. The van der Waals surface area contributed by atoms with Gasteiger partial charge < -0.3 is 10.2 Å². The van der Waals surface area contributed by atoms with Crippen molar-refractivity contribution in [2.24, 2.45) is 5.92 Å². The first-order valence-corrected chi connectivity index (χ1v) is 7.18. The molecule has 0 saturated carbocycles. The van der Waals surface area contributed by atoms with E-state index in [-0.39, 0.29) is 5.54 Å². The molecule has 0 bridgehead atoms. The predicted molar refractivity (Wildman–Crippen MR) is 83.6 cm³/mol. The van der Waals surface area contributed by atoms with E-state index < -0.39 is 0 Å². The first kappa shape index (κ1) is 16.0. The van der Waals surface area contributed by atoms with E-state index in [1.807, 2.05) is 12.4 Å². The van der Waals surface area contributed by atoms with Crippen molar-refractivity contribution in [1.29, 1.82) is 0 Å². The summed E-state index contributed by atoms with van der Waals surface area (Å²) in [6.07, 6.45) is 5.06. The fourth-order valence-corrected chi connectivity index (χ4v) is 1.86. The molecule has 1 aromatic rings. The molecular formula is C16H29N3. The van der Waals surface area contributed by atoms with E-state index in [1.54, 1.807) is 0 Å². The summed E-state index contributed by atoms with van der Waals surface area (Å²) in [6.45, 7) is 13.0. The van der Waals surface area contributed by atoms with Gasteiger partial charge in [0.2, 0.25) is 0 Å².